The predicted octanol–water partition coefficient (Wildman–Crippen LogP) is 1.17. The van der Waals surface area contributed by atoms with E-state index >= 15 is 0 Å². The number of rotatable bonds is 5. The third-order valence-electron chi connectivity index (χ3n) is 8.60. The minimum Gasteiger partial charge on any atom is -0.504 e. The lowest BCUT2D eigenvalue weighted by molar-refractivity contribution is -0.174. The van der Waals surface area contributed by atoms with Crippen molar-refractivity contribution in [2.75, 3.05) is 26.7 Å². The van der Waals surface area contributed by atoms with E-state index in [2.05, 4.69) is 15.0 Å². The summed E-state index contributed by atoms with van der Waals surface area (Å²) in [5.41, 5.74) is 1.16. The molecule has 2 bridgehead atoms. The highest BCUT2D eigenvalue weighted by atomic mass is 16.5. The van der Waals surface area contributed by atoms with Crippen LogP contribution < -0.4 is 10.1 Å². The molecule has 1 spiro atoms. The van der Waals surface area contributed by atoms with Crippen LogP contribution in [0.3, 0.4) is 0 Å². The van der Waals surface area contributed by atoms with Crippen LogP contribution in [0.1, 0.15) is 43.2 Å². The van der Waals surface area contributed by atoms with Gasteiger partial charge in [0.1, 0.15) is 12.6 Å². The summed E-state index contributed by atoms with van der Waals surface area (Å²) in [4.78, 5) is 26.5. The van der Waals surface area contributed by atoms with E-state index in [0.29, 0.717) is 25.0 Å². The summed E-state index contributed by atoms with van der Waals surface area (Å²) in [5.74, 6) is 0.351. The van der Waals surface area contributed by atoms with Crippen molar-refractivity contribution in [3.05, 3.63) is 34.9 Å². The molecule has 176 valence electrons. The van der Waals surface area contributed by atoms with E-state index in [4.69, 9.17) is 4.74 Å². The molecular formula is C25H30N2O6. The highest BCUT2D eigenvalue weighted by Crippen LogP contribution is 2.66. The zero-order chi connectivity index (χ0) is 23.0. The van der Waals surface area contributed by atoms with Gasteiger partial charge in [-0.25, -0.2) is 0 Å². The van der Waals surface area contributed by atoms with Gasteiger partial charge in [0.2, 0.25) is 5.91 Å². The Kier molecular flexibility index (Phi) is 4.58. The van der Waals surface area contributed by atoms with Crippen LogP contribution in [0.2, 0.25) is 0 Å². The summed E-state index contributed by atoms with van der Waals surface area (Å²) in [6, 6.07) is 3.64. The van der Waals surface area contributed by atoms with Gasteiger partial charge in [-0.3, -0.25) is 14.5 Å². The van der Waals surface area contributed by atoms with E-state index < -0.39 is 23.1 Å². The molecule has 33 heavy (non-hydrogen) atoms. The normalized spacial score (nSPS) is 35.0. The molecule has 1 saturated heterocycles. The van der Waals surface area contributed by atoms with Gasteiger partial charge in [0, 0.05) is 24.2 Å². The Morgan fingerprint density at radius 3 is 2.91 bits per heavy atom. The molecule has 3 N–H and O–H groups in total. The standard InChI is InChI=1S/C25H30N2O6/c1-32-20(30)12-26-19(29)11-16-6-7-25(31)18-10-15-4-5-17(28)22-21(15)24(25,23(16)33-22)8-9-27(18)13-14-2-3-14/h4-5,11,14,18,23,28,31H,2-3,6-10,12-13H2,1H3,(H,26,29)/b16-11+/t18-,23?,24+,25-/m1/s1. The zero-order valence-corrected chi connectivity index (χ0v) is 18.8. The lowest BCUT2D eigenvalue weighted by atomic mass is 9.48. The highest BCUT2D eigenvalue weighted by molar-refractivity contribution is 5.91. The van der Waals surface area contributed by atoms with E-state index in [-0.39, 0.29) is 24.2 Å². The summed E-state index contributed by atoms with van der Waals surface area (Å²) < 4.78 is 11.0. The van der Waals surface area contributed by atoms with Gasteiger partial charge in [-0.1, -0.05) is 6.07 Å². The number of piperidine rings is 1. The summed E-state index contributed by atoms with van der Waals surface area (Å²) >= 11 is 0. The quantitative estimate of drug-likeness (QED) is 0.453. The summed E-state index contributed by atoms with van der Waals surface area (Å²) in [6.07, 6.45) is 6.01. The number of hydrogen-bond donors (Lipinski definition) is 3. The molecule has 1 aromatic carbocycles. The smallest absolute Gasteiger partial charge is 0.325 e. The highest BCUT2D eigenvalue weighted by Gasteiger charge is 2.72. The number of amides is 1. The summed E-state index contributed by atoms with van der Waals surface area (Å²) in [6.45, 7) is 1.68. The maximum atomic E-state index is 12.6. The first-order valence-electron chi connectivity index (χ1n) is 11.9. The van der Waals surface area contributed by atoms with Crippen molar-refractivity contribution >= 4 is 11.9 Å². The molecule has 2 heterocycles. The largest absolute Gasteiger partial charge is 0.504 e. The number of methoxy groups -OCH3 is 1. The minimum absolute atomic E-state index is 0.00403. The van der Waals surface area contributed by atoms with Gasteiger partial charge >= 0.3 is 5.97 Å². The number of phenolic OH excluding ortho intramolecular Hbond substituents is 1. The Morgan fingerprint density at radius 1 is 1.33 bits per heavy atom. The Labute approximate surface area is 192 Å². The number of esters is 1. The van der Waals surface area contributed by atoms with Crippen LogP contribution in [0.5, 0.6) is 11.5 Å². The van der Waals surface area contributed by atoms with Gasteiger partial charge in [-0.2, -0.15) is 0 Å². The first kappa shape index (κ1) is 21.0. The number of phenols is 1. The van der Waals surface area contributed by atoms with E-state index in [1.807, 2.05) is 6.07 Å². The van der Waals surface area contributed by atoms with E-state index in [1.54, 1.807) is 6.07 Å². The molecule has 6 rings (SSSR count). The molecule has 3 fully saturated rings. The number of nitrogens with one attached hydrogen (secondary N) is 1. The zero-order valence-electron chi connectivity index (χ0n) is 18.8. The number of likely N-dealkylation sites (tertiary alicyclic amines) is 1. The van der Waals surface area contributed by atoms with Crippen LogP contribution in [0, 0.1) is 5.92 Å². The first-order valence-corrected chi connectivity index (χ1v) is 11.9. The van der Waals surface area contributed by atoms with E-state index in [9.17, 15) is 19.8 Å². The van der Waals surface area contributed by atoms with Gasteiger partial charge in [-0.15, -0.1) is 0 Å². The maximum Gasteiger partial charge on any atom is 0.325 e. The average molecular weight is 455 g/mol. The second-order valence-corrected chi connectivity index (χ2v) is 10.3. The van der Waals surface area contributed by atoms with Crippen molar-refractivity contribution < 1.29 is 29.3 Å². The number of nitrogens with zero attached hydrogens (tertiary/aromatic N) is 1. The molecule has 1 aromatic rings. The van der Waals surface area contributed by atoms with Gasteiger partial charge in [0.05, 0.1) is 18.1 Å². The Bertz CT molecular complexity index is 1070. The van der Waals surface area contributed by atoms with Crippen LogP contribution in [-0.4, -0.2) is 71.5 Å². The van der Waals surface area contributed by atoms with Crippen LogP contribution in [0.15, 0.2) is 23.8 Å². The molecule has 4 atom stereocenters. The van der Waals surface area contributed by atoms with E-state index in [1.165, 1.54) is 26.0 Å². The number of hydrogen-bond acceptors (Lipinski definition) is 7. The van der Waals surface area contributed by atoms with Crippen LogP contribution in [0.4, 0.5) is 0 Å². The van der Waals surface area contributed by atoms with Crippen LogP contribution in [-0.2, 0) is 26.2 Å². The lowest BCUT2D eigenvalue weighted by Gasteiger charge is -2.63. The number of carbonyl (C=O) groups is 2. The fraction of sp³-hybridized carbons (Fsp3) is 0.600. The van der Waals surface area contributed by atoms with Crippen molar-refractivity contribution in [3.8, 4) is 11.5 Å². The van der Waals surface area contributed by atoms with Gasteiger partial charge in [0.25, 0.3) is 0 Å². The summed E-state index contributed by atoms with van der Waals surface area (Å²) in [7, 11) is 1.27. The molecule has 1 amide bonds. The van der Waals surface area contributed by atoms with Crippen molar-refractivity contribution in [2.45, 2.75) is 61.7 Å². The van der Waals surface area contributed by atoms with Gasteiger partial charge in [0.15, 0.2) is 11.5 Å². The summed E-state index contributed by atoms with van der Waals surface area (Å²) in [5, 5.41) is 25.6. The van der Waals surface area contributed by atoms with E-state index in [0.717, 1.165) is 42.1 Å². The van der Waals surface area contributed by atoms with Crippen molar-refractivity contribution in [1.82, 2.24) is 10.2 Å². The van der Waals surface area contributed by atoms with Crippen molar-refractivity contribution in [1.29, 1.82) is 0 Å². The monoisotopic (exact) mass is 454 g/mol. The Balaban J connectivity index is 1.41. The van der Waals surface area contributed by atoms with Crippen molar-refractivity contribution in [2.24, 2.45) is 5.92 Å². The molecule has 1 unspecified atom stereocenters. The van der Waals surface area contributed by atoms with Crippen molar-refractivity contribution in [3.63, 3.8) is 0 Å². The fourth-order valence-corrected chi connectivity index (χ4v) is 6.94. The number of benzene rings is 1. The molecule has 5 aliphatic rings. The van der Waals surface area contributed by atoms with Gasteiger partial charge in [-0.05, 0) is 68.2 Å². The molecule has 2 aliphatic heterocycles. The predicted molar refractivity (Wildman–Crippen MR) is 118 cm³/mol. The van der Waals surface area contributed by atoms with Gasteiger partial charge < -0.3 is 25.0 Å². The van der Waals surface area contributed by atoms with Crippen LogP contribution >= 0.6 is 0 Å². The maximum absolute atomic E-state index is 12.6. The SMILES string of the molecule is COC(=O)CNC(=O)/C=C1\CC[C@@]2(O)[C@H]3Cc4ccc(O)c5c4[C@@]2(CCN3CC2CC2)C1O5. The third kappa shape index (κ3) is 2.89. The Morgan fingerprint density at radius 2 is 2.15 bits per heavy atom. The number of aliphatic hydroxyl groups is 1. The molecule has 8 heteroatoms. The molecular weight excluding hydrogens is 424 g/mol. The molecule has 2 saturated carbocycles. The number of aromatic hydroxyl groups is 1. The second kappa shape index (κ2) is 7.21. The molecule has 3 aliphatic carbocycles. The fourth-order valence-electron chi connectivity index (χ4n) is 6.94. The Hall–Kier alpha value is -2.58. The molecule has 0 radical (unpaired) electrons. The second-order valence-electron chi connectivity index (χ2n) is 10.3. The lowest BCUT2D eigenvalue weighted by Crippen LogP contribution is -2.75. The topological polar surface area (TPSA) is 108 Å². The van der Waals surface area contributed by atoms with Crippen LogP contribution in [0.25, 0.3) is 0 Å². The number of carbonyl (C=O) groups excluding carboxylic acids is 2. The average Bonchev–Trinajstić information content (AvgIpc) is 3.54. The first-order chi connectivity index (χ1) is 15.9. The minimum atomic E-state index is -0.989. The molecule has 0 aromatic heterocycles. The molecule has 8 nitrogen and oxygen atoms in total. The number of ether oxygens (including phenoxy) is 2. The third-order valence-corrected chi connectivity index (χ3v) is 8.60.